The predicted octanol–water partition coefficient (Wildman–Crippen LogP) is 1.16. The molecule has 1 unspecified atom stereocenters. The number of thioether (sulfide) groups is 1. The molecule has 0 bridgehead atoms. The Bertz CT molecular complexity index is 631. The third-order valence-electron chi connectivity index (χ3n) is 3.01. The highest BCUT2D eigenvalue weighted by Gasteiger charge is 2.30. The molecule has 0 radical (unpaired) electrons. The smallest absolute Gasteiger partial charge is 0.244 e. The van der Waals surface area contributed by atoms with Crippen LogP contribution in [-0.4, -0.2) is 48.5 Å². The minimum absolute atomic E-state index is 0.222. The number of aliphatic hydroxyl groups is 1. The quantitative estimate of drug-likeness (QED) is 0.833. The van der Waals surface area contributed by atoms with Crippen molar-refractivity contribution in [1.82, 2.24) is 4.31 Å². The summed E-state index contributed by atoms with van der Waals surface area (Å²) in [5.74, 6) is 6.03. The zero-order valence-corrected chi connectivity index (χ0v) is 12.9. The second-order valence-electron chi connectivity index (χ2n) is 4.50. The first-order valence-corrected chi connectivity index (χ1v) is 8.85. The maximum Gasteiger partial charge on any atom is 0.244 e. The summed E-state index contributed by atoms with van der Waals surface area (Å²) in [7, 11) is -3.52. The van der Waals surface area contributed by atoms with Crippen molar-refractivity contribution >= 4 is 21.8 Å². The second-order valence-corrected chi connectivity index (χ2v) is 7.95. The molecule has 20 heavy (non-hydrogen) atoms. The highest BCUT2D eigenvalue weighted by Crippen LogP contribution is 2.25. The van der Waals surface area contributed by atoms with Crippen molar-refractivity contribution in [2.45, 2.75) is 17.1 Å². The maximum atomic E-state index is 12.7. The molecule has 6 heteroatoms. The molecule has 0 aromatic heterocycles. The van der Waals surface area contributed by atoms with Crippen LogP contribution in [0.4, 0.5) is 0 Å². The first kappa shape index (κ1) is 15.4. The van der Waals surface area contributed by atoms with Crippen molar-refractivity contribution in [3.63, 3.8) is 0 Å². The van der Waals surface area contributed by atoms with Gasteiger partial charge in [0.1, 0.15) is 6.61 Å². The summed E-state index contributed by atoms with van der Waals surface area (Å²) in [6, 6.07) is 6.68. The van der Waals surface area contributed by atoms with Crippen LogP contribution < -0.4 is 0 Å². The van der Waals surface area contributed by atoms with E-state index in [1.54, 1.807) is 36.0 Å². The van der Waals surface area contributed by atoms with E-state index in [1.165, 1.54) is 4.31 Å². The van der Waals surface area contributed by atoms with Gasteiger partial charge < -0.3 is 5.11 Å². The number of hydrogen-bond donors (Lipinski definition) is 1. The zero-order valence-electron chi connectivity index (χ0n) is 11.2. The van der Waals surface area contributed by atoms with Crippen LogP contribution in [0.25, 0.3) is 0 Å². The van der Waals surface area contributed by atoms with E-state index in [4.69, 9.17) is 5.11 Å². The summed E-state index contributed by atoms with van der Waals surface area (Å²) < 4.78 is 26.9. The molecule has 1 N–H and O–H groups in total. The molecule has 1 atom stereocenters. The highest BCUT2D eigenvalue weighted by molar-refractivity contribution is 8.00. The Morgan fingerprint density at radius 2 is 2.20 bits per heavy atom. The van der Waals surface area contributed by atoms with Crippen LogP contribution in [0, 0.1) is 11.8 Å². The van der Waals surface area contributed by atoms with Gasteiger partial charge in [0.2, 0.25) is 10.0 Å². The normalized spacial score (nSPS) is 20.2. The SMILES string of the molecule is CC1CN(S(=O)(=O)c2ccccc2C#CCO)CCS1. The van der Waals surface area contributed by atoms with Crippen LogP contribution in [0.2, 0.25) is 0 Å². The van der Waals surface area contributed by atoms with Crippen molar-refractivity contribution in [2.24, 2.45) is 0 Å². The Balaban J connectivity index is 2.39. The maximum absolute atomic E-state index is 12.7. The van der Waals surface area contributed by atoms with Crippen LogP contribution in [0.5, 0.6) is 0 Å². The van der Waals surface area contributed by atoms with Crippen molar-refractivity contribution in [2.75, 3.05) is 25.4 Å². The number of nitrogens with zero attached hydrogens (tertiary/aromatic N) is 1. The molecule has 1 aromatic carbocycles. The Morgan fingerprint density at radius 1 is 1.45 bits per heavy atom. The lowest BCUT2D eigenvalue weighted by Crippen LogP contribution is -2.41. The molecular formula is C14H17NO3S2. The third-order valence-corrected chi connectivity index (χ3v) is 6.07. The van der Waals surface area contributed by atoms with Crippen molar-refractivity contribution in [1.29, 1.82) is 0 Å². The fraction of sp³-hybridized carbons (Fsp3) is 0.429. The number of aliphatic hydroxyl groups excluding tert-OH is 1. The van der Waals surface area contributed by atoms with Gasteiger partial charge >= 0.3 is 0 Å². The molecule has 1 heterocycles. The summed E-state index contributed by atoms with van der Waals surface area (Å²) in [5.41, 5.74) is 0.437. The molecule has 4 nitrogen and oxygen atoms in total. The average molecular weight is 311 g/mol. The van der Waals surface area contributed by atoms with E-state index >= 15 is 0 Å². The largest absolute Gasteiger partial charge is 0.384 e. The van der Waals surface area contributed by atoms with Crippen molar-refractivity contribution in [3.8, 4) is 11.8 Å². The highest BCUT2D eigenvalue weighted by atomic mass is 32.2. The van der Waals surface area contributed by atoms with Crippen LogP contribution in [0.15, 0.2) is 29.2 Å². The summed E-state index contributed by atoms with van der Waals surface area (Å²) in [6.45, 7) is 2.80. The van der Waals surface area contributed by atoms with Crippen LogP contribution in [-0.2, 0) is 10.0 Å². The van der Waals surface area contributed by atoms with Gasteiger partial charge in [0.05, 0.1) is 4.90 Å². The van der Waals surface area contributed by atoms with E-state index in [2.05, 4.69) is 11.8 Å². The van der Waals surface area contributed by atoms with Crippen molar-refractivity contribution < 1.29 is 13.5 Å². The fourth-order valence-corrected chi connectivity index (χ4v) is 4.97. The van der Waals surface area contributed by atoms with Crippen molar-refractivity contribution in [3.05, 3.63) is 29.8 Å². The Morgan fingerprint density at radius 3 is 2.90 bits per heavy atom. The van der Waals surface area contributed by atoms with Gasteiger partial charge in [-0.15, -0.1) is 0 Å². The second kappa shape index (κ2) is 6.64. The number of hydrogen-bond acceptors (Lipinski definition) is 4. The summed E-state index contributed by atoms with van der Waals surface area (Å²) >= 11 is 1.78. The van der Waals surface area contributed by atoms with E-state index in [0.717, 1.165) is 5.75 Å². The number of rotatable bonds is 2. The molecule has 0 aliphatic carbocycles. The van der Waals surface area contributed by atoms with Gasteiger partial charge in [0.15, 0.2) is 0 Å². The third kappa shape index (κ3) is 3.36. The minimum atomic E-state index is -3.52. The molecule has 0 amide bonds. The first-order chi connectivity index (χ1) is 9.55. The van der Waals surface area contributed by atoms with Gasteiger partial charge in [0.25, 0.3) is 0 Å². The van der Waals surface area contributed by atoms with Crippen LogP contribution >= 0.6 is 11.8 Å². The molecule has 2 rings (SSSR count). The molecule has 108 valence electrons. The first-order valence-electron chi connectivity index (χ1n) is 6.36. The average Bonchev–Trinajstić information content (AvgIpc) is 2.45. The number of benzene rings is 1. The molecule has 0 spiro atoms. The lowest BCUT2D eigenvalue weighted by molar-refractivity contribution is 0.350. The molecule has 1 aliphatic rings. The number of sulfonamides is 1. The molecule has 1 aromatic rings. The monoisotopic (exact) mass is 311 g/mol. The summed E-state index contributed by atoms with van der Waals surface area (Å²) in [4.78, 5) is 0.222. The van der Waals surface area contributed by atoms with E-state index in [0.29, 0.717) is 23.9 Å². The fourth-order valence-electron chi connectivity index (χ4n) is 2.07. The summed E-state index contributed by atoms with van der Waals surface area (Å²) in [5, 5.41) is 9.07. The van der Waals surface area contributed by atoms with E-state index in [9.17, 15) is 8.42 Å². The Hall–Kier alpha value is -1.00. The van der Waals surface area contributed by atoms with Crippen LogP contribution in [0.3, 0.4) is 0 Å². The molecule has 1 fully saturated rings. The van der Waals surface area contributed by atoms with Crippen LogP contribution in [0.1, 0.15) is 12.5 Å². The van der Waals surface area contributed by atoms with E-state index in [-0.39, 0.29) is 11.5 Å². The molecule has 1 aliphatic heterocycles. The molecular weight excluding hydrogens is 294 g/mol. The van der Waals surface area contributed by atoms with Gasteiger partial charge in [-0.25, -0.2) is 8.42 Å². The summed E-state index contributed by atoms with van der Waals surface area (Å²) in [6.07, 6.45) is 0. The van der Waals surface area contributed by atoms with Gasteiger partial charge in [-0.2, -0.15) is 16.1 Å². The van der Waals surface area contributed by atoms with E-state index in [1.807, 2.05) is 6.92 Å². The lowest BCUT2D eigenvalue weighted by Gasteiger charge is -2.30. The zero-order chi connectivity index (χ0) is 14.6. The van der Waals surface area contributed by atoms with E-state index < -0.39 is 10.0 Å². The molecule has 1 saturated heterocycles. The van der Waals surface area contributed by atoms with Gasteiger partial charge in [-0.3, -0.25) is 0 Å². The lowest BCUT2D eigenvalue weighted by atomic mass is 10.2. The van der Waals surface area contributed by atoms with Gasteiger partial charge in [0, 0.05) is 29.7 Å². The van der Waals surface area contributed by atoms with Gasteiger partial charge in [-0.1, -0.05) is 30.9 Å². The Labute approximate surface area is 124 Å². The standard InChI is InChI=1S/C14H17NO3S2/c1-12-11-15(8-10-19-12)20(17,18)14-7-3-2-5-13(14)6-4-9-16/h2-3,5,7,12,16H,8-11H2,1H3. The van der Waals surface area contributed by atoms with Gasteiger partial charge in [-0.05, 0) is 12.1 Å². The topological polar surface area (TPSA) is 57.6 Å². The molecule has 0 saturated carbocycles. The Kier molecular flexibility index (Phi) is 5.11. The minimum Gasteiger partial charge on any atom is -0.384 e. The predicted molar refractivity (Wildman–Crippen MR) is 81.1 cm³/mol.